The number of esters is 1. The molecule has 172 valence electrons. The smallest absolute Gasteiger partial charge is 0.305 e. The standard InChI is InChI=1S/C26H50O3/c1-4-7-9-16-20-25(27)21-17-14-12-10-11-13-15-18-22-26(28)29-23-24(6-3)19-8-5-2/h14,17,24-25,27H,4-13,15-16,18-23H2,1-3H3/t24?,25-/m1/s1. The zero-order valence-corrected chi connectivity index (χ0v) is 19.8. The topological polar surface area (TPSA) is 46.5 Å². The minimum absolute atomic E-state index is 0.0175. The number of hydrogen-bond donors (Lipinski definition) is 1. The van der Waals surface area contributed by atoms with Gasteiger partial charge in [-0.2, -0.15) is 0 Å². The van der Waals surface area contributed by atoms with Gasteiger partial charge in [-0.15, -0.1) is 0 Å². The summed E-state index contributed by atoms with van der Waals surface area (Å²) >= 11 is 0. The molecular formula is C26H50O3. The van der Waals surface area contributed by atoms with Gasteiger partial charge in [-0.25, -0.2) is 0 Å². The van der Waals surface area contributed by atoms with Gasteiger partial charge in [0.05, 0.1) is 12.7 Å². The van der Waals surface area contributed by atoms with Gasteiger partial charge in [0.25, 0.3) is 0 Å². The van der Waals surface area contributed by atoms with Gasteiger partial charge < -0.3 is 9.84 Å². The Morgan fingerprint density at radius 2 is 1.52 bits per heavy atom. The highest BCUT2D eigenvalue weighted by Gasteiger charge is 2.09. The van der Waals surface area contributed by atoms with Crippen LogP contribution < -0.4 is 0 Å². The lowest BCUT2D eigenvalue weighted by Crippen LogP contribution is -2.13. The molecule has 1 unspecified atom stereocenters. The Hall–Kier alpha value is -0.830. The number of aliphatic hydroxyl groups is 1. The largest absolute Gasteiger partial charge is 0.465 e. The third kappa shape index (κ3) is 20.2. The number of hydrogen-bond acceptors (Lipinski definition) is 3. The van der Waals surface area contributed by atoms with E-state index in [-0.39, 0.29) is 12.1 Å². The molecule has 0 aromatic carbocycles. The molecule has 0 bridgehead atoms. The van der Waals surface area contributed by atoms with Gasteiger partial charge in [0.1, 0.15) is 0 Å². The van der Waals surface area contributed by atoms with Crippen LogP contribution in [0.3, 0.4) is 0 Å². The summed E-state index contributed by atoms with van der Waals surface area (Å²) in [6, 6.07) is 0. The quantitative estimate of drug-likeness (QED) is 0.119. The molecule has 0 aliphatic carbocycles. The van der Waals surface area contributed by atoms with Gasteiger partial charge in [-0.3, -0.25) is 4.79 Å². The number of carbonyl (C=O) groups excluding carboxylic acids is 1. The molecule has 0 aliphatic rings. The highest BCUT2D eigenvalue weighted by atomic mass is 16.5. The minimum atomic E-state index is -0.165. The fourth-order valence-electron chi connectivity index (χ4n) is 3.54. The molecule has 0 spiro atoms. The first-order valence-electron chi connectivity index (χ1n) is 12.6. The minimum Gasteiger partial charge on any atom is -0.465 e. The molecule has 1 N–H and O–H groups in total. The monoisotopic (exact) mass is 410 g/mol. The van der Waals surface area contributed by atoms with Gasteiger partial charge in [0.15, 0.2) is 0 Å². The lowest BCUT2D eigenvalue weighted by molar-refractivity contribution is -0.145. The van der Waals surface area contributed by atoms with Crippen molar-refractivity contribution in [3.63, 3.8) is 0 Å². The lowest BCUT2D eigenvalue weighted by atomic mass is 10.0. The Labute approximate surface area is 181 Å². The van der Waals surface area contributed by atoms with E-state index in [1.807, 2.05) is 0 Å². The number of allylic oxidation sites excluding steroid dienone is 1. The second kappa shape index (κ2) is 21.9. The van der Waals surface area contributed by atoms with Crippen LogP contribution in [-0.4, -0.2) is 23.8 Å². The van der Waals surface area contributed by atoms with Crippen LogP contribution in [0.2, 0.25) is 0 Å². The Bertz CT molecular complexity index is 378. The van der Waals surface area contributed by atoms with Crippen molar-refractivity contribution < 1.29 is 14.6 Å². The van der Waals surface area contributed by atoms with E-state index in [0.29, 0.717) is 18.9 Å². The number of carbonyl (C=O) groups is 1. The van der Waals surface area contributed by atoms with Crippen molar-refractivity contribution in [2.45, 2.75) is 136 Å². The van der Waals surface area contributed by atoms with Gasteiger partial charge in [0.2, 0.25) is 0 Å². The van der Waals surface area contributed by atoms with Crippen LogP contribution in [0.5, 0.6) is 0 Å². The van der Waals surface area contributed by atoms with Gasteiger partial charge >= 0.3 is 5.97 Å². The maximum atomic E-state index is 11.8. The number of unbranched alkanes of at least 4 members (excludes halogenated alkanes) is 9. The summed E-state index contributed by atoms with van der Waals surface area (Å²) in [4.78, 5) is 11.8. The molecule has 0 saturated heterocycles. The first-order chi connectivity index (χ1) is 14.1. The average molecular weight is 411 g/mol. The molecule has 0 heterocycles. The molecule has 29 heavy (non-hydrogen) atoms. The Kier molecular flexibility index (Phi) is 21.2. The molecule has 3 nitrogen and oxygen atoms in total. The Morgan fingerprint density at radius 3 is 2.24 bits per heavy atom. The number of ether oxygens (including phenoxy) is 1. The van der Waals surface area contributed by atoms with Crippen LogP contribution in [0.15, 0.2) is 12.2 Å². The van der Waals surface area contributed by atoms with E-state index in [9.17, 15) is 9.90 Å². The summed E-state index contributed by atoms with van der Waals surface area (Å²) < 4.78 is 5.45. The normalized spacial score (nSPS) is 13.7. The first kappa shape index (κ1) is 28.2. The summed E-state index contributed by atoms with van der Waals surface area (Å²) in [5.41, 5.74) is 0. The van der Waals surface area contributed by atoms with Gasteiger partial charge in [-0.1, -0.05) is 97.1 Å². The van der Waals surface area contributed by atoms with E-state index in [0.717, 1.165) is 44.9 Å². The molecule has 0 rings (SSSR count). The van der Waals surface area contributed by atoms with E-state index < -0.39 is 0 Å². The van der Waals surface area contributed by atoms with Gasteiger partial charge in [0, 0.05) is 6.42 Å². The molecular weight excluding hydrogens is 360 g/mol. The van der Waals surface area contributed by atoms with Crippen LogP contribution in [-0.2, 0) is 9.53 Å². The SMILES string of the molecule is CCCCCC[C@@H](O)CC=CCCCCCCCC(=O)OCC(CC)CCCC. The van der Waals surface area contributed by atoms with Crippen molar-refractivity contribution in [3.8, 4) is 0 Å². The first-order valence-corrected chi connectivity index (χ1v) is 12.6. The highest BCUT2D eigenvalue weighted by molar-refractivity contribution is 5.69. The molecule has 0 radical (unpaired) electrons. The number of aliphatic hydroxyl groups excluding tert-OH is 1. The molecule has 0 aromatic rings. The average Bonchev–Trinajstić information content (AvgIpc) is 2.72. The Balaban J connectivity index is 3.46. The van der Waals surface area contributed by atoms with Crippen LogP contribution in [0.25, 0.3) is 0 Å². The van der Waals surface area contributed by atoms with Crippen LogP contribution >= 0.6 is 0 Å². The van der Waals surface area contributed by atoms with Crippen molar-refractivity contribution in [1.29, 1.82) is 0 Å². The molecule has 0 amide bonds. The molecule has 0 aliphatic heterocycles. The van der Waals surface area contributed by atoms with Crippen LogP contribution in [0, 0.1) is 5.92 Å². The van der Waals surface area contributed by atoms with E-state index >= 15 is 0 Å². The van der Waals surface area contributed by atoms with E-state index in [4.69, 9.17) is 4.74 Å². The molecule has 0 aromatic heterocycles. The fourth-order valence-corrected chi connectivity index (χ4v) is 3.54. The molecule has 2 atom stereocenters. The van der Waals surface area contributed by atoms with Crippen molar-refractivity contribution in [1.82, 2.24) is 0 Å². The van der Waals surface area contributed by atoms with E-state index in [1.54, 1.807) is 0 Å². The Morgan fingerprint density at radius 1 is 0.828 bits per heavy atom. The zero-order chi connectivity index (χ0) is 21.6. The summed E-state index contributed by atoms with van der Waals surface area (Å²) in [6.07, 6.45) is 22.9. The zero-order valence-electron chi connectivity index (χ0n) is 19.8. The third-order valence-corrected chi connectivity index (χ3v) is 5.74. The third-order valence-electron chi connectivity index (χ3n) is 5.74. The van der Waals surface area contributed by atoms with E-state index in [2.05, 4.69) is 32.9 Å². The highest BCUT2D eigenvalue weighted by Crippen LogP contribution is 2.14. The summed E-state index contributed by atoms with van der Waals surface area (Å²) in [6.45, 7) is 7.20. The predicted molar refractivity (Wildman–Crippen MR) is 125 cm³/mol. The molecule has 3 heteroatoms. The van der Waals surface area contributed by atoms with Crippen molar-refractivity contribution in [2.24, 2.45) is 5.92 Å². The van der Waals surface area contributed by atoms with Crippen LogP contribution in [0.1, 0.15) is 130 Å². The second-order valence-corrected chi connectivity index (χ2v) is 8.62. The summed E-state index contributed by atoms with van der Waals surface area (Å²) in [5, 5.41) is 9.92. The van der Waals surface area contributed by atoms with Crippen molar-refractivity contribution in [3.05, 3.63) is 12.2 Å². The van der Waals surface area contributed by atoms with E-state index in [1.165, 1.54) is 57.8 Å². The van der Waals surface area contributed by atoms with Gasteiger partial charge in [-0.05, 0) is 44.4 Å². The summed E-state index contributed by atoms with van der Waals surface area (Å²) in [5.74, 6) is 0.519. The second-order valence-electron chi connectivity index (χ2n) is 8.62. The van der Waals surface area contributed by atoms with Crippen molar-refractivity contribution >= 4 is 5.97 Å². The fraction of sp³-hybridized carbons (Fsp3) is 0.885. The van der Waals surface area contributed by atoms with Crippen molar-refractivity contribution in [2.75, 3.05) is 6.61 Å². The number of rotatable bonds is 21. The molecule has 0 fully saturated rings. The maximum Gasteiger partial charge on any atom is 0.305 e. The predicted octanol–water partition coefficient (Wildman–Crippen LogP) is 7.75. The summed E-state index contributed by atoms with van der Waals surface area (Å²) in [7, 11) is 0. The maximum absolute atomic E-state index is 11.8. The van der Waals surface area contributed by atoms with Crippen LogP contribution in [0.4, 0.5) is 0 Å². The molecule has 0 saturated carbocycles. The lowest BCUT2D eigenvalue weighted by Gasteiger charge is -2.14.